The Balaban J connectivity index is 2.28. The largest absolute Gasteiger partial charge is 0.398 e. The van der Waals surface area contributed by atoms with Gasteiger partial charge in [-0.15, -0.1) is 0 Å². The first-order chi connectivity index (χ1) is 8.97. The maximum atomic E-state index is 12.2. The first kappa shape index (κ1) is 14.1. The van der Waals surface area contributed by atoms with Gasteiger partial charge >= 0.3 is 0 Å². The summed E-state index contributed by atoms with van der Waals surface area (Å²) in [5.41, 5.74) is 8.48. The molecule has 5 heteroatoms. The van der Waals surface area contributed by atoms with Gasteiger partial charge in [0.15, 0.2) is 0 Å². The van der Waals surface area contributed by atoms with E-state index in [2.05, 4.69) is 37.2 Å². The molecular weight excluding hydrogens is 372 g/mol. The number of hydrogen-bond acceptors (Lipinski definition) is 2. The van der Waals surface area contributed by atoms with E-state index in [-0.39, 0.29) is 5.91 Å². The maximum Gasteiger partial charge on any atom is 0.257 e. The summed E-state index contributed by atoms with van der Waals surface area (Å²) in [5.74, 6) is -0.218. The number of benzene rings is 2. The van der Waals surface area contributed by atoms with Gasteiger partial charge in [-0.1, -0.05) is 31.9 Å². The Hall–Kier alpha value is -1.33. The van der Waals surface area contributed by atoms with Gasteiger partial charge in [0.25, 0.3) is 5.91 Å². The highest BCUT2D eigenvalue weighted by Gasteiger charge is 2.11. The maximum absolute atomic E-state index is 12.2. The molecule has 0 saturated heterocycles. The second-order valence-electron chi connectivity index (χ2n) is 4.14. The molecule has 0 bridgehead atoms. The standard InChI is InChI=1S/C14H12Br2N2O/c1-8-6-9(15)3-5-13(8)18-14(19)11-7-10(16)2-4-12(11)17/h2-7H,17H2,1H3,(H,18,19). The topological polar surface area (TPSA) is 55.1 Å². The summed E-state index contributed by atoms with van der Waals surface area (Å²) >= 11 is 6.72. The second-order valence-corrected chi connectivity index (χ2v) is 5.98. The molecule has 0 aliphatic heterocycles. The lowest BCUT2D eigenvalue weighted by molar-refractivity contribution is 0.102. The fourth-order valence-corrected chi connectivity index (χ4v) is 2.52. The summed E-state index contributed by atoms with van der Waals surface area (Å²) in [6.45, 7) is 1.94. The average Bonchev–Trinajstić information content (AvgIpc) is 2.35. The molecule has 2 rings (SSSR count). The molecule has 0 heterocycles. The molecule has 1 amide bonds. The number of rotatable bonds is 2. The number of nitrogen functional groups attached to an aromatic ring is 1. The number of nitrogens with two attached hydrogens (primary N) is 1. The van der Waals surface area contributed by atoms with Crippen molar-refractivity contribution in [3.63, 3.8) is 0 Å². The van der Waals surface area contributed by atoms with Crippen molar-refractivity contribution in [2.75, 3.05) is 11.1 Å². The van der Waals surface area contributed by atoms with Gasteiger partial charge in [-0.2, -0.15) is 0 Å². The zero-order chi connectivity index (χ0) is 14.0. The van der Waals surface area contributed by atoms with Crippen LogP contribution in [0.2, 0.25) is 0 Å². The quantitative estimate of drug-likeness (QED) is 0.757. The number of anilines is 2. The number of carbonyl (C=O) groups excluding carboxylic acids is 1. The molecule has 0 aromatic heterocycles. The van der Waals surface area contributed by atoms with E-state index >= 15 is 0 Å². The van der Waals surface area contributed by atoms with Gasteiger partial charge in [-0.05, 0) is 48.9 Å². The van der Waals surface area contributed by atoms with Crippen LogP contribution in [0.1, 0.15) is 15.9 Å². The van der Waals surface area contributed by atoms with Crippen molar-refractivity contribution in [1.82, 2.24) is 0 Å². The minimum absolute atomic E-state index is 0.218. The summed E-state index contributed by atoms with van der Waals surface area (Å²) < 4.78 is 1.80. The lowest BCUT2D eigenvalue weighted by atomic mass is 10.1. The normalized spacial score (nSPS) is 10.3. The van der Waals surface area contributed by atoms with Gasteiger partial charge in [0, 0.05) is 20.3 Å². The third-order valence-electron chi connectivity index (χ3n) is 2.70. The van der Waals surface area contributed by atoms with Crippen LogP contribution in [-0.4, -0.2) is 5.91 Å². The third kappa shape index (κ3) is 3.36. The van der Waals surface area contributed by atoms with Crippen molar-refractivity contribution in [2.45, 2.75) is 6.92 Å². The first-order valence-electron chi connectivity index (χ1n) is 5.60. The highest BCUT2D eigenvalue weighted by molar-refractivity contribution is 9.10. The van der Waals surface area contributed by atoms with Crippen LogP contribution in [-0.2, 0) is 0 Å². The van der Waals surface area contributed by atoms with Crippen molar-refractivity contribution in [1.29, 1.82) is 0 Å². The van der Waals surface area contributed by atoms with Crippen LogP contribution in [0.5, 0.6) is 0 Å². The lowest BCUT2D eigenvalue weighted by Crippen LogP contribution is -2.14. The molecule has 3 nitrogen and oxygen atoms in total. The van der Waals surface area contributed by atoms with Crippen molar-refractivity contribution in [3.8, 4) is 0 Å². The molecule has 0 unspecified atom stereocenters. The average molecular weight is 384 g/mol. The number of carbonyl (C=O) groups is 1. The van der Waals surface area contributed by atoms with Crippen molar-refractivity contribution in [3.05, 3.63) is 56.5 Å². The number of halogens is 2. The molecule has 98 valence electrons. The molecule has 2 aromatic carbocycles. The third-order valence-corrected chi connectivity index (χ3v) is 3.68. The molecule has 0 atom stereocenters. The monoisotopic (exact) mass is 382 g/mol. The SMILES string of the molecule is Cc1cc(Br)ccc1NC(=O)c1cc(Br)ccc1N. The zero-order valence-corrected chi connectivity index (χ0v) is 13.4. The predicted molar refractivity (Wildman–Crippen MR) is 85.4 cm³/mol. The van der Waals surface area contributed by atoms with Crippen LogP contribution in [0.15, 0.2) is 45.3 Å². The Morgan fingerprint density at radius 3 is 2.42 bits per heavy atom. The fourth-order valence-electron chi connectivity index (χ4n) is 1.68. The molecule has 0 fully saturated rings. The van der Waals surface area contributed by atoms with Crippen LogP contribution in [0.3, 0.4) is 0 Å². The summed E-state index contributed by atoms with van der Waals surface area (Å²) in [6.07, 6.45) is 0. The summed E-state index contributed by atoms with van der Waals surface area (Å²) in [7, 11) is 0. The fraction of sp³-hybridized carbons (Fsp3) is 0.0714. The number of aryl methyl sites for hydroxylation is 1. The van der Waals surface area contributed by atoms with E-state index in [0.29, 0.717) is 11.3 Å². The van der Waals surface area contributed by atoms with Crippen LogP contribution in [0.4, 0.5) is 11.4 Å². The predicted octanol–water partition coefficient (Wildman–Crippen LogP) is 4.35. The van der Waals surface area contributed by atoms with Crippen LogP contribution >= 0.6 is 31.9 Å². The number of hydrogen-bond donors (Lipinski definition) is 2. The van der Waals surface area contributed by atoms with Crippen LogP contribution in [0, 0.1) is 6.92 Å². The lowest BCUT2D eigenvalue weighted by Gasteiger charge is -2.10. The van der Waals surface area contributed by atoms with Crippen LogP contribution < -0.4 is 11.1 Å². The van der Waals surface area contributed by atoms with E-state index in [1.54, 1.807) is 18.2 Å². The highest BCUT2D eigenvalue weighted by Crippen LogP contribution is 2.23. The van der Waals surface area contributed by atoms with E-state index in [0.717, 1.165) is 20.2 Å². The van der Waals surface area contributed by atoms with Gasteiger partial charge in [0.2, 0.25) is 0 Å². The molecule has 0 spiro atoms. The molecule has 0 saturated carbocycles. The molecule has 0 aliphatic rings. The van der Waals surface area contributed by atoms with Crippen molar-refractivity contribution < 1.29 is 4.79 Å². The summed E-state index contributed by atoms with van der Waals surface area (Å²) in [5, 5.41) is 2.86. The molecule has 19 heavy (non-hydrogen) atoms. The molecule has 3 N–H and O–H groups in total. The van der Waals surface area contributed by atoms with Gasteiger partial charge in [-0.25, -0.2) is 0 Å². The van der Waals surface area contributed by atoms with Gasteiger partial charge in [0.1, 0.15) is 0 Å². The Morgan fingerprint density at radius 2 is 1.74 bits per heavy atom. The Morgan fingerprint density at radius 1 is 1.11 bits per heavy atom. The minimum Gasteiger partial charge on any atom is -0.398 e. The van der Waals surface area contributed by atoms with Crippen LogP contribution in [0.25, 0.3) is 0 Å². The van der Waals surface area contributed by atoms with E-state index in [4.69, 9.17) is 5.73 Å². The Labute approximate surface area is 128 Å². The van der Waals surface area contributed by atoms with Crippen molar-refractivity contribution >= 4 is 49.1 Å². The van der Waals surface area contributed by atoms with Gasteiger partial charge < -0.3 is 11.1 Å². The van der Waals surface area contributed by atoms with Gasteiger partial charge in [-0.3, -0.25) is 4.79 Å². The summed E-state index contributed by atoms with van der Waals surface area (Å²) in [6, 6.07) is 10.9. The second kappa shape index (κ2) is 5.75. The molecule has 0 radical (unpaired) electrons. The zero-order valence-electron chi connectivity index (χ0n) is 10.2. The minimum atomic E-state index is -0.218. The number of amides is 1. The molecular formula is C14H12Br2N2O. The van der Waals surface area contributed by atoms with Crippen molar-refractivity contribution in [2.24, 2.45) is 0 Å². The Bertz CT molecular complexity index is 641. The van der Waals surface area contributed by atoms with E-state index in [9.17, 15) is 4.79 Å². The smallest absolute Gasteiger partial charge is 0.257 e. The molecule has 0 aliphatic carbocycles. The summed E-state index contributed by atoms with van der Waals surface area (Å²) in [4.78, 5) is 12.2. The van der Waals surface area contributed by atoms with Gasteiger partial charge in [0.05, 0.1) is 5.56 Å². The highest BCUT2D eigenvalue weighted by atomic mass is 79.9. The first-order valence-corrected chi connectivity index (χ1v) is 7.18. The number of nitrogens with one attached hydrogen (secondary N) is 1. The molecule has 2 aromatic rings. The van der Waals surface area contributed by atoms with E-state index in [1.165, 1.54) is 0 Å². The van der Waals surface area contributed by atoms with E-state index in [1.807, 2.05) is 25.1 Å². The van der Waals surface area contributed by atoms with E-state index < -0.39 is 0 Å². The Kier molecular flexibility index (Phi) is 4.27.